The highest BCUT2D eigenvalue weighted by Crippen LogP contribution is 2.32. The Morgan fingerprint density at radius 2 is 1.02 bits per heavy atom. The molecule has 5 aromatic rings. The van der Waals surface area contributed by atoms with Gasteiger partial charge in [0.1, 0.15) is 30.7 Å². The lowest BCUT2D eigenvalue weighted by atomic mass is 9.97. The molecule has 1 aliphatic rings. The predicted octanol–water partition coefficient (Wildman–Crippen LogP) is 7.42. The van der Waals surface area contributed by atoms with Gasteiger partial charge in [-0.3, -0.25) is 0 Å². The van der Waals surface area contributed by atoms with E-state index in [1.54, 1.807) is 24.3 Å². The number of ether oxygens (including phenoxy) is 7. The summed E-state index contributed by atoms with van der Waals surface area (Å²) in [5.74, 6) is 0.195. The van der Waals surface area contributed by atoms with Crippen molar-refractivity contribution in [2.75, 3.05) is 19.8 Å². The highest BCUT2D eigenvalue weighted by atomic mass is 16.7. The molecular weight excluding hydrogens is 632 g/mol. The maximum atomic E-state index is 13.6. The van der Waals surface area contributed by atoms with Gasteiger partial charge in [-0.25, -0.2) is 4.79 Å². The maximum Gasteiger partial charge on any atom is 0.338 e. The number of carbonyl (C=O) groups is 1. The van der Waals surface area contributed by atoms with Gasteiger partial charge in [-0.2, -0.15) is 0 Å². The van der Waals surface area contributed by atoms with Gasteiger partial charge in [-0.05, 0) is 41.0 Å². The Kier molecular flexibility index (Phi) is 13.2. The Bertz CT molecular complexity index is 1670. The minimum atomic E-state index is -1.01. The van der Waals surface area contributed by atoms with Crippen LogP contribution in [0.2, 0.25) is 0 Å². The second-order valence-corrected chi connectivity index (χ2v) is 11.8. The Labute approximate surface area is 293 Å². The van der Waals surface area contributed by atoms with Crippen LogP contribution in [0.5, 0.6) is 5.75 Å². The number of benzene rings is 5. The van der Waals surface area contributed by atoms with Gasteiger partial charge in [0.05, 0.1) is 38.6 Å². The summed E-state index contributed by atoms with van der Waals surface area (Å²) >= 11 is 0. The normalized spacial score (nSPS) is 20.2. The van der Waals surface area contributed by atoms with Crippen molar-refractivity contribution in [1.82, 2.24) is 0 Å². The molecule has 258 valence electrons. The first-order chi connectivity index (χ1) is 24.7. The molecule has 0 aromatic heterocycles. The summed E-state index contributed by atoms with van der Waals surface area (Å²) in [7, 11) is 0. The van der Waals surface area contributed by atoms with Crippen LogP contribution in [-0.4, -0.2) is 56.5 Å². The van der Waals surface area contributed by atoms with Gasteiger partial charge in [-0.1, -0.05) is 127 Å². The van der Waals surface area contributed by atoms with Gasteiger partial charge in [0, 0.05) is 0 Å². The van der Waals surface area contributed by atoms with Crippen LogP contribution >= 0.6 is 0 Å². The molecule has 1 saturated heterocycles. The molecule has 0 radical (unpaired) electrons. The third-order valence-corrected chi connectivity index (χ3v) is 8.19. The summed E-state index contributed by atoms with van der Waals surface area (Å²) in [5.41, 5.74) is 3.37. The lowest BCUT2D eigenvalue weighted by Gasteiger charge is -2.45. The third kappa shape index (κ3) is 10.3. The average Bonchev–Trinajstić information content (AvgIpc) is 3.18. The maximum absolute atomic E-state index is 13.6. The first kappa shape index (κ1) is 35.0. The molecule has 5 atom stereocenters. The molecule has 0 bridgehead atoms. The molecular formula is C42H42O8. The van der Waals surface area contributed by atoms with E-state index in [0.29, 0.717) is 12.2 Å². The smallest absolute Gasteiger partial charge is 0.338 e. The summed E-state index contributed by atoms with van der Waals surface area (Å²) in [6, 6.07) is 48.0. The molecule has 8 nitrogen and oxygen atoms in total. The molecule has 1 fully saturated rings. The molecule has 5 aromatic carbocycles. The molecule has 0 spiro atoms. The van der Waals surface area contributed by atoms with Gasteiger partial charge >= 0.3 is 5.97 Å². The van der Waals surface area contributed by atoms with E-state index in [4.69, 9.17) is 33.2 Å². The van der Waals surface area contributed by atoms with Gasteiger partial charge in [0.2, 0.25) is 0 Å². The minimum absolute atomic E-state index is 0.164. The molecule has 6 rings (SSSR count). The Morgan fingerprint density at radius 1 is 0.520 bits per heavy atom. The largest absolute Gasteiger partial charge is 0.491 e. The molecule has 0 N–H and O–H groups in total. The Morgan fingerprint density at radius 3 is 1.60 bits per heavy atom. The Hall–Kier alpha value is -4.83. The van der Waals surface area contributed by atoms with Crippen LogP contribution in [0.3, 0.4) is 0 Å². The van der Waals surface area contributed by atoms with Crippen molar-refractivity contribution in [1.29, 1.82) is 0 Å². The van der Waals surface area contributed by atoms with Crippen molar-refractivity contribution >= 4 is 5.97 Å². The second-order valence-electron chi connectivity index (χ2n) is 11.8. The fourth-order valence-electron chi connectivity index (χ4n) is 5.67. The summed E-state index contributed by atoms with van der Waals surface area (Å²) in [5, 5.41) is 0. The number of hydrogen-bond acceptors (Lipinski definition) is 8. The summed E-state index contributed by atoms with van der Waals surface area (Å²) in [6.07, 6.45) is -4.11. The van der Waals surface area contributed by atoms with E-state index in [-0.39, 0.29) is 33.0 Å². The highest BCUT2D eigenvalue weighted by molar-refractivity contribution is 5.89. The number of rotatable bonds is 17. The van der Waals surface area contributed by atoms with E-state index in [9.17, 15) is 4.79 Å². The van der Waals surface area contributed by atoms with Crippen molar-refractivity contribution < 1.29 is 38.0 Å². The summed E-state index contributed by atoms with van der Waals surface area (Å²) < 4.78 is 44.6. The summed E-state index contributed by atoms with van der Waals surface area (Å²) in [6.45, 7) is 1.51. The molecule has 1 heterocycles. The second kappa shape index (κ2) is 18.8. The lowest BCUT2D eigenvalue weighted by molar-refractivity contribution is -0.318. The van der Waals surface area contributed by atoms with Crippen LogP contribution in [0.1, 0.15) is 27.0 Å². The number of hydrogen-bond donors (Lipinski definition) is 0. The lowest BCUT2D eigenvalue weighted by Crippen LogP contribution is -2.62. The van der Waals surface area contributed by atoms with Crippen LogP contribution in [0.25, 0.3) is 0 Å². The van der Waals surface area contributed by atoms with Crippen molar-refractivity contribution in [3.8, 4) is 5.75 Å². The van der Waals surface area contributed by atoms with Crippen LogP contribution in [-0.2, 0) is 48.2 Å². The van der Waals surface area contributed by atoms with Crippen LogP contribution < -0.4 is 4.74 Å². The Balaban J connectivity index is 1.28. The zero-order valence-corrected chi connectivity index (χ0v) is 27.8. The summed E-state index contributed by atoms with van der Waals surface area (Å²) in [4.78, 5) is 13.6. The zero-order chi connectivity index (χ0) is 34.2. The van der Waals surface area contributed by atoms with Crippen molar-refractivity contribution in [2.24, 2.45) is 0 Å². The highest BCUT2D eigenvalue weighted by Gasteiger charge is 2.50. The van der Waals surface area contributed by atoms with Crippen molar-refractivity contribution in [2.45, 2.75) is 50.5 Å². The van der Waals surface area contributed by atoms with Crippen molar-refractivity contribution in [3.63, 3.8) is 0 Å². The quantitative estimate of drug-likeness (QED) is 0.0745. The van der Waals surface area contributed by atoms with Gasteiger partial charge < -0.3 is 33.2 Å². The van der Waals surface area contributed by atoms with E-state index >= 15 is 0 Å². The molecule has 0 amide bonds. The minimum Gasteiger partial charge on any atom is -0.491 e. The van der Waals surface area contributed by atoms with E-state index in [2.05, 4.69) is 0 Å². The number of para-hydroxylation sites is 1. The topological polar surface area (TPSA) is 81.7 Å². The molecule has 50 heavy (non-hydrogen) atoms. The molecule has 8 heteroatoms. The SMILES string of the molecule is O=C(OC1C(OCc2ccccc2)[C@H](OCc2ccccc2)C(COCc2ccccc2)O[C@H]1OCCOc1ccccc1)c1ccccc1. The fourth-order valence-corrected chi connectivity index (χ4v) is 5.67. The van der Waals surface area contributed by atoms with E-state index < -0.39 is 36.7 Å². The molecule has 0 saturated carbocycles. The van der Waals surface area contributed by atoms with Crippen LogP contribution in [0.4, 0.5) is 0 Å². The van der Waals surface area contributed by atoms with E-state index in [0.717, 1.165) is 22.4 Å². The van der Waals surface area contributed by atoms with Gasteiger partial charge in [0.25, 0.3) is 0 Å². The van der Waals surface area contributed by atoms with Crippen LogP contribution in [0, 0.1) is 0 Å². The van der Waals surface area contributed by atoms with Crippen molar-refractivity contribution in [3.05, 3.63) is 174 Å². The van der Waals surface area contributed by atoms with Gasteiger partial charge in [-0.15, -0.1) is 0 Å². The number of carbonyl (C=O) groups excluding carboxylic acids is 1. The van der Waals surface area contributed by atoms with E-state index in [1.165, 1.54) is 0 Å². The molecule has 3 unspecified atom stereocenters. The number of esters is 1. The molecule has 0 aliphatic carbocycles. The third-order valence-electron chi connectivity index (χ3n) is 8.19. The van der Waals surface area contributed by atoms with Crippen LogP contribution in [0.15, 0.2) is 152 Å². The van der Waals surface area contributed by atoms with E-state index in [1.807, 2.05) is 127 Å². The fraction of sp³-hybridized carbons (Fsp3) is 0.262. The first-order valence-electron chi connectivity index (χ1n) is 16.9. The zero-order valence-electron chi connectivity index (χ0n) is 27.8. The monoisotopic (exact) mass is 674 g/mol. The first-order valence-corrected chi connectivity index (χ1v) is 16.9. The molecule has 1 aliphatic heterocycles. The van der Waals surface area contributed by atoms with Gasteiger partial charge in [0.15, 0.2) is 12.4 Å². The predicted molar refractivity (Wildman–Crippen MR) is 188 cm³/mol. The average molecular weight is 675 g/mol. The standard InChI is InChI=1S/C42H42O8/c43-41(35-22-12-4-13-23-35)50-40-39(48-30-34-20-10-3-11-21-34)38(47-29-33-18-8-2-9-19-33)37(31-44-28-32-16-6-1-7-17-32)49-42(40)46-27-26-45-36-24-14-5-15-25-36/h1-25,37-40,42H,26-31H2/t37?,38-,39?,40?,42-/m1/s1.